The summed E-state index contributed by atoms with van der Waals surface area (Å²) in [6, 6.07) is 0. The van der Waals surface area contributed by atoms with Crippen LogP contribution in [0.5, 0.6) is 0 Å². The van der Waals surface area contributed by atoms with Gasteiger partial charge in [0.05, 0.1) is 0 Å². The molecule has 0 bridgehead atoms. The van der Waals surface area contributed by atoms with Crippen LogP contribution in [-0.4, -0.2) is 37.6 Å². The Bertz CT molecular complexity index is 155. The van der Waals surface area contributed by atoms with Crippen molar-refractivity contribution in [1.29, 1.82) is 0 Å². The van der Waals surface area contributed by atoms with E-state index in [1.54, 1.807) is 0 Å². The molecule has 0 spiro atoms. The summed E-state index contributed by atoms with van der Waals surface area (Å²) in [5.41, 5.74) is 1.31. The quantitative estimate of drug-likeness (QED) is 0.442. The highest BCUT2D eigenvalue weighted by Crippen LogP contribution is 1.99. The van der Waals surface area contributed by atoms with E-state index < -0.39 is 0 Å². The number of hydrogen-bond donors (Lipinski definition) is 1. The smallest absolute Gasteiger partial charge is 0.0202 e. The zero-order valence-corrected chi connectivity index (χ0v) is 10.8. The first-order valence-corrected chi connectivity index (χ1v) is 6.34. The van der Waals surface area contributed by atoms with Crippen molar-refractivity contribution in [3.05, 3.63) is 12.2 Å². The van der Waals surface area contributed by atoms with Crippen LogP contribution in [0.4, 0.5) is 0 Å². The minimum absolute atomic E-state index is 0.969. The van der Waals surface area contributed by atoms with Gasteiger partial charge in [-0.15, -0.1) is 0 Å². The summed E-state index contributed by atoms with van der Waals surface area (Å²) in [7, 11) is 0. The summed E-state index contributed by atoms with van der Waals surface area (Å²) in [6.07, 6.45) is 3.77. The maximum Gasteiger partial charge on any atom is 0.0202 e. The van der Waals surface area contributed by atoms with E-state index in [0.29, 0.717) is 0 Å². The van der Waals surface area contributed by atoms with Crippen LogP contribution >= 0.6 is 0 Å². The number of unbranched alkanes of at least 4 members (excludes halogenated alkanes) is 1. The fourth-order valence-electron chi connectivity index (χ4n) is 1.54. The topological polar surface area (TPSA) is 15.3 Å². The second-order valence-corrected chi connectivity index (χ2v) is 4.15. The van der Waals surface area contributed by atoms with Crippen molar-refractivity contribution in [2.75, 3.05) is 32.7 Å². The maximum absolute atomic E-state index is 4.12. The molecule has 0 aliphatic rings. The van der Waals surface area contributed by atoms with Gasteiger partial charge in [0.25, 0.3) is 0 Å². The largest absolute Gasteiger partial charge is 0.313 e. The summed E-state index contributed by atoms with van der Waals surface area (Å²) < 4.78 is 0. The Morgan fingerprint density at radius 1 is 1.20 bits per heavy atom. The van der Waals surface area contributed by atoms with Gasteiger partial charge in [0.1, 0.15) is 0 Å². The van der Waals surface area contributed by atoms with Gasteiger partial charge in [-0.3, -0.25) is 4.90 Å². The van der Waals surface area contributed by atoms with E-state index in [4.69, 9.17) is 0 Å². The van der Waals surface area contributed by atoms with Crippen LogP contribution in [0.3, 0.4) is 0 Å². The number of likely N-dealkylation sites (N-methyl/N-ethyl adjacent to an activating group) is 1. The van der Waals surface area contributed by atoms with Gasteiger partial charge in [-0.25, -0.2) is 0 Å². The van der Waals surface area contributed by atoms with E-state index in [-0.39, 0.29) is 0 Å². The molecular weight excluding hydrogens is 184 g/mol. The molecule has 0 heterocycles. The average Bonchev–Trinajstić information content (AvgIpc) is 2.24. The summed E-state index contributed by atoms with van der Waals surface area (Å²) in [4.78, 5) is 2.47. The van der Waals surface area contributed by atoms with E-state index in [1.807, 2.05) is 0 Å². The van der Waals surface area contributed by atoms with Crippen LogP contribution in [0, 0.1) is 0 Å². The van der Waals surface area contributed by atoms with Gasteiger partial charge in [0, 0.05) is 13.1 Å². The zero-order valence-electron chi connectivity index (χ0n) is 10.8. The van der Waals surface area contributed by atoms with E-state index in [2.05, 4.69) is 37.6 Å². The molecule has 0 aromatic carbocycles. The van der Waals surface area contributed by atoms with Crippen molar-refractivity contribution in [2.24, 2.45) is 0 Å². The normalized spacial score (nSPS) is 10.9. The molecule has 0 saturated heterocycles. The van der Waals surface area contributed by atoms with Crippen LogP contribution < -0.4 is 5.32 Å². The van der Waals surface area contributed by atoms with Crippen molar-refractivity contribution in [2.45, 2.75) is 40.0 Å². The molecule has 90 valence electrons. The van der Waals surface area contributed by atoms with Gasteiger partial charge in [0.15, 0.2) is 0 Å². The van der Waals surface area contributed by atoms with E-state index in [9.17, 15) is 0 Å². The molecule has 0 aliphatic carbocycles. The minimum atomic E-state index is 0.969. The van der Waals surface area contributed by atoms with Crippen LogP contribution in [-0.2, 0) is 0 Å². The molecule has 15 heavy (non-hydrogen) atoms. The molecule has 2 nitrogen and oxygen atoms in total. The number of hydrogen-bond acceptors (Lipinski definition) is 2. The van der Waals surface area contributed by atoms with Crippen LogP contribution in [0.25, 0.3) is 0 Å². The monoisotopic (exact) mass is 212 g/mol. The number of nitrogens with zero attached hydrogens (tertiary/aromatic N) is 1. The van der Waals surface area contributed by atoms with Crippen molar-refractivity contribution in [3.63, 3.8) is 0 Å². The lowest BCUT2D eigenvalue weighted by Gasteiger charge is -2.21. The summed E-state index contributed by atoms with van der Waals surface area (Å²) >= 11 is 0. The predicted molar refractivity (Wildman–Crippen MR) is 69.3 cm³/mol. The Morgan fingerprint density at radius 2 is 1.93 bits per heavy atom. The molecule has 0 amide bonds. The molecule has 0 radical (unpaired) electrons. The molecule has 0 aliphatic heterocycles. The molecule has 0 aromatic heterocycles. The van der Waals surface area contributed by atoms with Crippen molar-refractivity contribution < 1.29 is 0 Å². The second kappa shape index (κ2) is 10.2. The predicted octanol–water partition coefficient (Wildman–Crippen LogP) is 2.66. The third-order valence-electron chi connectivity index (χ3n) is 2.52. The van der Waals surface area contributed by atoms with Crippen LogP contribution in [0.1, 0.15) is 40.0 Å². The third kappa shape index (κ3) is 8.64. The van der Waals surface area contributed by atoms with E-state index in [0.717, 1.165) is 26.2 Å². The zero-order chi connectivity index (χ0) is 11.5. The van der Waals surface area contributed by atoms with Gasteiger partial charge >= 0.3 is 0 Å². The molecule has 0 atom stereocenters. The first-order chi connectivity index (χ1) is 7.24. The Labute approximate surface area is 95.7 Å². The van der Waals surface area contributed by atoms with Gasteiger partial charge in [-0.1, -0.05) is 33.8 Å². The lowest BCUT2D eigenvalue weighted by molar-refractivity contribution is 0.304. The van der Waals surface area contributed by atoms with Crippen LogP contribution in [0.15, 0.2) is 12.2 Å². The highest BCUT2D eigenvalue weighted by molar-refractivity contribution is 4.99. The molecule has 0 unspecified atom stereocenters. The lowest BCUT2D eigenvalue weighted by Crippen LogP contribution is -2.30. The summed E-state index contributed by atoms with van der Waals surface area (Å²) in [5, 5.41) is 3.39. The van der Waals surface area contributed by atoms with Crippen molar-refractivity contribution in [3.8, 4) is 0 Å². The maximum atomic E-state index is 4.12. The molecular formula is C13H28N2. The molecule has 0 saturated carbocycles. The fraction of sp³-hybridized carbons (Fsp3) is 0.846. The molecule has 1 N–H and O–H groups in total. The van der Waals surface area contributed by atoms with Gasteiger partial charge in [0.2, 0.25) is 0 Å². The Morgan fingerprint density at radius 3 is 2.47 bits per heavy atom. The highest BCUT2D eigenvalue weighted by Gasteiger charge is 2.03. The highest BCUT2D eigenvalue weighted by atomic mass is 15.1. The van der Waals surface area contributed by atoms with Crippen LogP contribution in [0.2, 0.25) is 0 Å². The molecule has 0 aromatic rings. The third-order valence-corrected chi connectivity index (χ3v) is 2.52. The average molecular weight is 212 g/mol. The van der Waals surface area contributed by atoms with Gasteiger partial charge < -0.3 is 5.32 Å². The Hall–Kier alpha value is -0.340. The standard InChI is InChI=1S/C13H28N2/c1-5-8-10-15(7-3)12-13(4)11-14-9-6-2/h14H,4-12H2,1-3H3. The summed E-state index contributed by atoms with van der Waals surface area (Å²) in [6.45, 7) is 16.2. The van der Waals surface area contributed by atoms with Gasteiger partial charge in [-0.2, -0.15) is 0 Å². The van der Waals surface area contributed by atoms with E-state index >= 15 is 0 Å². The van der Waals surface area contributed by atoms with Crippen molar-refractivity contribution >= 4 is 0 Å². The molecule has 0 rings (SSSR count). The first kappa shape index (κ1) is 14.7. The Balaban J connectivity index is 3.60. The fourth-order valence-corrected chi connectivity index (χ4v) is 1.54. The molecule has 2 heteroatoms. The SMILES string of the molecule is C=C(CNCCC)CN(CC)CCCC. The summed E-state index contributed by atoms with van der Waals surface area (Å²) in [5.74, 6) is 0. The molecule has 0 fully saturated rings. The first-order valence-electron chi connectivity index (χ1n) is 6.34. The van der Waals surface area contributed by atoms with E-state index in [1.165, 1.54) is 31.4 Å². The number of rotatable bonds is 10. The van der Waals surface area contributed by atoms with Crippen molar-refractivity contribution in [1.82, 2.24) is 10.2 Å². The lowest BCUT2D eigenvalue weighted by atomic mass is 10.2. The van der Waals surface area contributed by atoms with Gasteiger partial charge in [-0.05, 0) is 38.0 Å². The number of nitrogens with one attached hydrogen (secondary N) is 1. The minimum Gasteiger partial charge on any atom is -0.313 e. The Kier molecular flexibility index (Phi) is 9.96. The second-order valence-electron chi connectivity index (χ2n) is 4.15.